The van der Waals surface area contributed by atoms with E-state index in [0.29, 0.717) is 11.4 Å². The van der Waals surface area contributed by atoms with Crippen molar-refractivity contribution >= 4 is 23.2 Å². The molecular formula is C19H22N4O2. The molecule has 1 fully saturated rings. The van der Waals surface area contributed by atoms with Gasteiger partial charge in [-0.1, -0.05) is 12.1 Å². The van der Waals surface area contributed by atoms with Crippen molar-refractivity contribution in [2.75, 3.05) is 30.3 Å². The van der Waals surface area contributed by atoms with Crippen molar-refractivity contribution < 1.29 is 9.59 Å². The number of hydrogen-bond acceptors (Lipinski definition) is 4. The summed E-state index contributed by atoms with van der Waals surface area (Å²) in [6.07, 6.45) is 6.59. The molecule has 1 aliphatic rings. The molecule has 2 heterocycles. The maximum atomic E-state index is 12.0. The molecule has 25 heavy (non-hydrogen) atoms. The summed E-state index contributed by atoms with van der Waals surface area (Å²) in [5, 5.41) is 5.16. The number of likely N-dealkylation sites (tertiary alicyclic amines) is 1. The monoisotopic (exact) mass is 338 g/mol. The molecule has 0 spiro atoms. The Morgan fingerprint density at radius 3 is 2.44 bits per heavy atom. The molecule has 0 unspecified atom stereocenters. The summed E-state index contributed by atoms with van der Waals surface area (Å²) in [4.78, 5) is 30.3. The summed E-state index contributed by atoms with van der Waals surface area (Å²) in [6, 6.07) is 11.0. The van der Waals surface area contributed by atoms with E-state index in [1.54, 1.807) is 24.4 Å². The first-order valence-electron chi connectivity index (χ1n) is 8.54. The largest absolute Gasteiger partial charge is 0.318 e. The number of nitrogens with zero attached hydrogens (tertiary/aromatic N) is 2. The second-order valence-electron chi connectivity index (χ2n) is 6.15. The Morgan fingerprint density at radius 1 is 1.00 bits per heavy atom. The molecular weight excluding hydrogens is 316 g/mol. The maximum absolute atomic E-state index is 12.0. The molecule has 1 aromatic carbocycles. The summed E-state index contributed by atoms with van der Waals surface area (Å²) < 4.78 is 0. The number of rotatable bonds is 5. The van der Waals surface area contributed by atoms with Crippen molar-refractivity contribution in [3.05, 3.63) is 54.4 Å². The van der Waals surface area contributed by atoms with Gasteiger partial charge in [0.25, 0.3) is 0 Å². The van der Waals surface area contributed by atoms with Crippen LogP contribution in [0.2, 0.25) is 0 Å². The Bertz CT molecular complexity index is 727. The smallest absolute Gasteiger partial charge is 0.314 e. The van der Waals surface area contributed by atoms with Crippen molar-refractivity contribution in [3.63, 3.8) is 0 Å². The van der Waals surface area contributed by atoms with Gasteiger partial charge in [0.2, 0.25) is 0 Å². The Hall–Kier alpha value is -2.73. The second kappa shape index (κ2) is 8.39. The Balaban J connectivity index is 1.53. The minimum atomic E-state index is -0.713. The minimum absolute atomic E-state index is 0.488. The standard InChI is InChI=1S/C19H22N4O2/c24-18(19(25)22-17-7-4-9-20-14-17)21-16-6-3-5-15(13-16)8-12-23-10-1-2-11-23/h3-7,9,13-14H,1-2,8,10-12H2,(H,21,24)(H,22,25). The van der Waals surface area contributed by atoms with Crippen molar-refractivity contribution in [1.82, 2.24) is 9.88 Å². The number of amides is 2. The fourth-order valence-corrected chi connectivity index (χ4v) is 2.91. The third-order valence-corrected chi connectivity index (χ3v) is 4.23. The topological polar surface area (TPSA) is 74.3 Å². The normalized spacial score (nSPS) is 14.2. The molecule has 0 atom stereocenters. The molecule has 6 heteroatoms. The van der Waals surface area contributed by atoms with Crippen molar-refractivity contribution in [2.45, 2.75) is 19.3 Å². The van der Waals surface area contributed by atoms with E-state index in [1.807, 2.05) is 18.2 Å². The quantitative estimate of drug-likeness (QED) is 0.821. The first-order valence-corrected chi connectivity index (χ1v) is 8.54. The molecule has 2 aromatic rings. The van der Waals surface area contributed by atoms with Crippen LogP contribution < -0.4 is 10.6 Å². The lowest BCUT2D eigenvalue weighted by Gasteiger charge is -2.14. The lowest BCUT2D eigenvalue weighted by atomic mass is 10.1. The van der Waals surface area contributed by atoms with Gasteiger partial charge in [0, 0.05) is 18.4 Å². The molecule has 6 nitrogen and oxygen atoms in total. The van der Waals surface area contributed by atoms with E-state index in [4.69, 9.17) is 0 Å². The van der Waals surface area contributed by atoms with Crippen LogP contribution in [0.1, 0.15) is 18.4 Å². The molecule has 0 bridgehead atoms. The second-order valence-corrected chi connectivity index (χ2v) is 6.15. The molecule has 130 valence electrons. The predicted octanol–water partition coefficient (Wildman–Crippen LogP) is 2.30. The molecule has 2 N–H and O–H groups in total. The number of benzene rings is 1. The lowest BCUT2D eigenvalue weighted by molar-refractivity contribution is -0.133. The highest BCUT2D eigenvalue weighted by molar-refractivity contribution is 6.43. The van der Waals surface area contributed by atoms with E-state index in [-0.39, 0.29) is 0 Å². The third-order valence-electron chi connectivity index (χ3n) is 4.23. The summed E-state index contributed by atoms with van der Waals surface area (Å²) >= 11 is 0. The van der Waals surface area contributed by atoms with Crippen molar-refractivity contribution in [3.8, 4) is 0 Å². The number of carbonyl (C=O) groups is 2. The Morgan fingerprint density at radius 2 is 1.72 bits per heavy atom. The summed E-state index contributed by atoms with van der Waals surface area (Å²) in [5.41, 5.74) is 2.27. The van der Waals surface area contributed by atoms with Gasteiger partial charge in [0.05, 0.1) is 11.9 Å². The SMILES string of the molecule is O=C(Nc1cccnc1)C(=O)Nc1cccc(CCN2CCCC2)c1. The van der Waals surface area contributed by atoms with Gasteiger partial charge < -0.3 is 15.5 Å². The van der Waals surface area contributed by atoms with Crippen LogP contribution in [-0.2, 0) is 16.0 Å². The average molecular weight is 338 g/mol. The van der Waals surface area contributed by atoms with Crippen LogP contribution >= 0.6 is 0 Å². The number of nitrogens with one attached hydrogen (secondary N) is 2. The predicted molar refractivity (Wildman–Crippen MR) is 97.3 cm³/mol. The van der Waals surface area contributed by atoms with Gasteiger partial charge >= 0.3 is 11.8 Å². The van der Waals surface area contributed by atoms with Gasteiger partial charge in [-0.05, 0) is 62.2 Å². The van der Waals surface area contributed by atoms with Crippen LogP contribution in [0.25, 0.3) is 0 Å². The lowest BCUT2D eigenvalue weighted by Crippen LogP contribution is -2.29. The third kappa shape index (κ3) is 5.12. The highest BCUT2D eigenvalue weighted by atomic mass is 16.2. The first kappa shape index (κ1) is 17.1. The van der Waals surface area contributed by atoms with E-state index >= 15 is 0 Å². The highest BCUT2D eigenvalue weighted by Crippen LogP contribution is 2.14. The summed E-state index contributed by atoms with van der Waals surface area (Å²) in [5.74, 6) is -1.41. The number of pyridine rings is 1. The first-order chi connectivity index (χ1) is 12.2. The van der Waals surface area contributed by atoms with E-state index in [0.717, 1.165) is 18.5 Å². The van der Waals surface area contributed by atoms with Crippen LogP contribution in [0.5, 0.6) is 0 Å². The number of carbonyl (C=O) groups excluding carboxylic acids is 2. The van der Waals surface area contributed by atoms with Gasteiger partial charge in [-0.15, -0.1) is 0 Å². The highest BCUT2D eigenvalue weighted by Gasteiger charge is 2.15. The van der Waals surface area contributed by atoms with Crippen LogP contribution in [-0.4, -0.2) is 41.3 Å². The fourth-order valence-electron chi connectivity index (χ4n) is 2.91. The van der Waals surface area contributed by atoms with Crippen LogP contribution in [0, 0.1) is 0 Å². The average Bonchev–Trinajstić information content (AvgIpc) is 3.15. The Labute approximate surface area is 147 Å². The van der Waals surface area contributed by atoms with Gasteiger partial charge in [-0.25, -0.2) is 0 Å². The molecule has 0 saturated carbocycles. The molecule has 0 aliphatic carbocycles. The van der Waals surface area contributed by atoms with Crippen molar-refractivity contribution in [2.24, 2.45) is 0 Å². The number of aromatic nitrogens is 1. The molecule has 1 aliphatic heterocycles. The Kier molecular flexibility index (Phi) is 5.74. The van der Waals surface area contributed by atoms with Crippen LogP contribution in [0.4, 0.5) is 11.4 Å². The van der Waals surface area contributed by atoms with Crippen LogP contribution in [0.15, 0.2) is 48.8 Å². The van der Waals surface area contributed by atoms with Gasteiger partial charge in [-0.3, -0.25) is 14.6 Å². The van der Waals surface area contributed by atoms with E-state index in [1.165, 1.54) is 32.1 Å². The number of anilines is 2. The van der Waals surface area contributed by atoms with Gasteiger partial charge in [0.1, 0.15) is 0 Å². The van der Waals surface area contributed by atoms with E-state index in [2.05, 4.69) is 20.5 Å². The zero-order chi connectivity index (χ0) is 17.5. The van der Waals surface area contributed by atoms with Gasteiger partial charge in [-0.2, -0.15) is 0 Å². The molecule has 1 aromatic heterocycles. The van der Waals surface area contributed by atoms with E-state index in [9.17, 15) is 9.59 Å². The van der Waals surface area contributed by atoms with Crippen LogP contribution in [0.3, 0.4) is 0 Å². The fraction of sp³-hybridized carbons (Fsp3) is 0.316. The molecule has 1 saturated heterocycles. The maximum Gasteiger partial charge on any atom is 0.314 e. The molecule has 0 radical (unpaired) electrons. The summed E-state index contributed by atoms with van der Waals surface area (Å²) in [6.45, 7) is 3.37. The summed E-state index contributed by atoms with van der Waals surface area (Å²) in [7, 11) is 0. The van der Waals surface area contributed by atoms with E-state index < -0.39 is 11.8 Å². The zero-order valence-corrected chi connectivity index (χ0v) is 14.1. The molecule has 2 amide bonds. The number of hydrogen-bond donors (Lipinski definition) is 2. The zero-order valence-electron chi connectivity index (χ0n) is 14.1. The minimum Gasteiger partial charge on any atom is -0.318 e. The molecule has 3 rings (SSSR count). The van der Waals surface area contributed by atoms with Gasteiger partial charge in [0.15, 0.2) is 0 Å². The van der Waals surface area contributed by atoms with Crippen molar-refractivity contribution in [1.29, 1.82) is 0 Å².